The van der Waals surface area contributed by atoms with Gasteiger partial charge in [-0.3, -0.25) is 4.79 Å². The second-order valence-corrected chi connectivity index (χ2v) is 3.27. The average molecular weight is 152 g/mol. The molecule has 2 heteroatoms. The van der Waals surface area contributed by atoms with Crippen LogP contribution in [0.3, 0.4) is 0 Å². The number of carbonyl (C=O) groups excluding carboxylic acids is 1. The fraction of sp³-hybridized carbons (Fsp3) is 0.444. The number of carbonyl (C=O) groups is 1. The zero-order valence-electron chi connectivity index (χ0n) is 6.74. The monoisotopic (exact) mass is 152 g/mol. The third-order valence-electron chi connectivity index (χ3n) is 2.03. The van der Waals surface area contributed by atoms with Crippen molar-refractivity contribution in [2.45, 2.75) is 20.0 Å². The van der Waals surface area contributed by atoms with Gasteiger partial charge in [0.25, 0.3) is 0 Å². The van der Waals surface area contributed by atoms with Gasteiger partial charge in [-0.1, -0.05) is 18.2 Å². The highest BCUT2D eigenvalue weighted by Gasteiger charge is 2.32. The second kappa shape index (κ2) is 2.62. The molecule has 1 atom stereocenters. The van der Waals surface area contributed by atoms with Crippen molar-refractivity contribution >= 4 is 5.78 Å². The summed E-state index contributed by atoms with van der Waals surface area (Å²) in [6, 6.07) is 0. The first kappa shape index (κ1) is 8.21. The van der Waals surface area contributed by atoms with Crippen molar-refractivity contribution in [3.8, 4) is 0 Å². The van der Waals surface area contributed by atoms with Gasteiger partial charge in [0.05, 0.1) is 11.5 Å². The molecule has 0 fully saturated rings. The smallest absolute Gasteiger partial charge is 0.164 e. The van der Waals surface area contributed by atoms with Gasteiger partial charge in [0.2, 0.25) is 0 Å². The van der Waals surface area contributed by atoms with Crippen molar-refractivity contribution in [2.24, 2.45) is 5.41 Å². The largest absolute Gasteiger partial charge is 0.388 e. The van der Waals surface area contributed by atoms with Crippen LogP contribution in [0.2, 0.25) is 0 Å². The number of rotatable bonds is 0. The van der Waals surface area contributed by atoms with Gasteiger partial charge in [0.15, 0.2) is 5.78 Å². The molecule has 11 heavy (non-hydrogen) atoms. The molecule has 0 aliphatic heterocycles. The highest BCUT2D eigenvalue weighted by Crippen LogP contribution is 2.25. The average Bonchev–Trinajstić information content (AvgIpc) is 2.03. The molecular weight excluding hydrogens is 140 g/mol. The van der Waals surface area contributed by atoms with Crippen LogP contribution in [-0.4, -0.2) is 17.0 Å². The van der Waals surface area contributed by atoms with Crippen molar-refractivity contribution in [1.29, 1.82) is 0 Å². The van der Waals surface area contributed by atoms with E-state index < -0.39 is 11.5 Å². The normalized spacial score (nSPS) is 28.6. The summed E-state index contributed by atoms with van der Waals surface area (Å²) in [6.07, 6.45) is 5.79. The van der Waals surface area contributed by atoms with Gasteiger partial charge in [-0.2, -0.15) is 0 Å². The molecule has 0 amide bonds. The van der Waals surface area contributed by atoms with E-state index in [4.69, 9.17) is 0 Å². The Kier molecular flexibility index (Phi) is 1.96. The Morgan fingerprint density at radius 3 is 2.73 bits per heavy atom. The van der Waals surface area contributed by atoms with Crippen LogP contribution in [-0.2, 0) is 4.79 Å². The lowest BCUT2D eigenvalue weighted by atomic mass is 9.83. The van der Waals surface area contributed by atoms with Crippen LogP contribution >= 0.6 is 0 Å². The van der Waals surface area contributed by atoms with Crippen molar-refractivity contribution < 1.29 is 9.90 Å². The Balaban J connectivity index is 2.98. The first-order chi connectivity index (χ1) is 5.05. The summed E-state index contributed by atoms with van der Waals surface area (Å²) in [7, 11) is 0. The molecule has 0 aromatic carbocycles. The van der Waals surface area contributed by atoms with Gasteiger partial charge < -0.3 is 5.11 Å². The molecule has 1 rings (SSSR count). The van der Waals surface area contributed by atoms with Crippen LogP contribution in [0.4, 0.5) is 0 Å². The molecule has 1 N–H and O–H groups in total. The van der Waals surface area contributed by atoms with E-state index in [1.807, 2.05) is 0 Å². The van der Waals surface area contributed by atoms with E-state index >= 15 is 0 Å². The van der Waals surface area contributed by atoms with E-state index in [9.17, 15) is 9.90 Å². The molecule has 0 heterocycles. The topological polar surface area (TPSA) is 37.3 Å². The van der Waals surface area contributed by atoms with Gasteiger partial charge in [0.1, 0.15) is 0 Å². The van der Waals surface area contributed by atoms with E-state index in [1.54, 1.807) is 32.1 Å². The zero-order valence-corrected chi connectivity index (χ0v) is 6.74. The summed E-state index contributed by atoms with van der Waals surface area (Å²) < 4.78 is 0. The maximum Gasteiger partial charge on any atom is 0.164 e. The third-order valence-corrected chi connectivity index (χ3v) is 2.03. The molecule has 0 saturated heterocycles. The zero-order chi connectivity index (χ0) is 8.48. The Morgan fingerprint density at radius 1 is 1.45 bits per heavy atom. The second-order valence-electron chi connectivity index (χ2n) is 3.27. The van der Waals surface area contributed by atoms with Gasteiger partial charge >= 0.3 is 0 Å². The maximum atomic E-state index is 11.3. The number of aliphatic hydroxyl groups is 1. The summed E-state index contributed by atoms with van der Waals surface area (Å²) in [6.45, 7) is 3.47. The number of aliphatic hydroxyl groups excluding tert-OH is 1. The SMILES string of the molecule is CC1(C)C(=O)C=CC=CC1O. The molecule has 0 saturated carbocycles. The molecular formula is C9H12O2. The Labute approximate surface area is 66.2 Å². The molecule has 0 spiro atoms. The Morgan fingerprint density at radius 2 is 2.09 bits per heavy atom. The molecule has 0 radical (unpaired) electrons. The van der Waals surface area contributed by atoms with Crippen molar-refractivity contribution in [1.82, 2.24) is 0 Å². The van der Waals surface area contributed by atoms with Crippen LogP contribution in [0.15, 0.2) is 24.3 Å². The van der Waals surface area contributed by atoms with Crippen LogP contribution in [0.25, 0.3) is 0 Å². The first-order valence-electron chi connectivity index (χ1n) is 3.62. The lowest BCUT2D eigenvalue weighted by Gasteiger charge is -2.24. The molecule has 1 aliphatic rings. The lowest BCUT2D eigenvalue weighted by Crippen LogP contribution is -2.34. The fourth-order valence-electron chi connectivity index (χ4n) is 0.913. The molecule has 0 aromatic heterocycles. The molecule has 60 valence electrons. The highest BCUT2D eigenvalue weighted by atomic mass is 16.3. The van der Waals surface area contributed by atoms with Gasteiger partial charge in [-0.15, -0.1) is 0 Å². The first-order valence-corrected chi connectivity index (χ1v) is 3.62. The van der Waals surface area contributed by atoms with Crippen molar-refractivity contribution in [2.75, 3.05) is 0 Å². The van der Waals surface area contributed by atoms with E-state index in [-0.39, 0.29) is 5.78 Å². The number of ketones is 1. The van der Waals surface area contributed by atoms with E-state index in [1.165, 1.54) is 6.08 Å². The van der Waals surface area contributed by atoms with Crippen LogP contribution < -0.4 is 0 Å². The number of hydrogen-bond donors (Lipinski definition) is 1. The van der Waals surface area contributed by atoms with Crippen molar-refractivity contribution in [3.05, 3.63) is 24.3 Å². The Hall–Kier alpha value is -0.890. The lowest BCUT2D eigenvalue weighted by molar-refractivity contribution is -0.126. The van der Waals surface area contributed by atoms with Crippen molar-refractivity contribution in [3.63, 3.8) is 0 Å². The van der Waals surface area contributed by atoms with Gasteiger partial charge in [-0.05, 0) is 19.9 Å². The highest BCUT2D eigenvalue weighted by molar-refractivity contribution is 5.95. The minimum Gasteiger partial charge on any atom is -0.388 e. The third kappa shape index (κ3) is 1.40. The van der Waals surface area contributed by atoms with Crippen LogP contribution in [0.5, 0.6) is 0 Å². The molecule has 0 aromatic rings. The predicted molar refractivity (Wildman–Crippen MR) is 43.1 cm³/mol. The van der Waals surface area contributed by atoms with E-state index in [0.717, 1.165) is 0 Å². The summed E-state index contributed by atoms with van der Waals surface area (Å²) in [5.41, 5.74) is -0.677. The Bertz CT molecular complexity index is 224. The summed E-state index contributed by atoms with van der Waals surface area (Å²) in [5, 5.41) is 9.44. The van der Waals surface area contributed by atoms with E-state index in [2.05, 4.69) is 0 Å². The van der Waals surface area contributed by atoms with Crippen LogP contribution in [0.1, 0.15) is 13.8 Å². The predicted octanol–water partition coefficient (Wildman–Crippen LogP) is 1.07. The quantitative estimate of drug-likeness (QED) is 0.563. The molecule has 2 nitrogen and oxygen atoms in total. The number of hydrogen-bond acceptors (Lipinski definition) is 2. The van der Waals surface area contributed by atoms with Gasteiger partial charge in [0, 0.05) is 0 Å². The molecule has 1 aliphatic carbocycles. The molecule has 1 unspecified atom stereocenters. The van der Waals surface area contributed by atoms with E-state index in [0.29, 0.717) is 0 Å². The summed E-state index contributed by atoms with van der Waals surface area (Å²) in [5.74, 6) is -0.0324. The standard InChI is InChI=1S/C9H12O2/c1-9(2)7(10)5-3-4-6-8(9)11/h3-7,10H,1-2H3. The summed E-state index contributed by atoms with van der Waals surface area (Å²) >= 11 is 0. The van der Waals surface area contributed by atoms with Crippen LogP contribution in [0, 0.1) is 5.41 Å². The summed E-state index contributed by atoms with van der Waals surface area (Å²) in [4.78, 5) is 11.3. The molecule has 0 bridgehead atoms. The maximum absolute atomic E-state index is 11.3. The minimum absolute atomic E-state index is 0.0324. The minimum atomic E-state index is -0.677. The number of allylic oxidation sites excluding steroid dienone is 3. The fourth-order valence-corrected chi connectivity index (χ4v) is 0.913. The van der Waals surface area contributed by atoms with Gasteiger partial charge in [-0.25, -0.2) is 0 Å².